The summed E-state index contributed by atoms with van der Waals surface area (Å²) in [6.07, 6.45) is 4.60. The SMILES string of the molecule is CCNc1nc(N)c(C(=O)N2CCCCCC2)s1. The number of likely N-dealkylation sites (tertiary alicyclic amines) is 1. The van der Waals surface area contributed by atoms with E-state index in [2.05, 4.69) is 10.3 Å². The van der Waals surface area contributed by atoms with Crippen molar-refractivity contribution in [3.63, 3.8) is 0 Å². The Morgan fingerprint density at radius 3 is 2.67 bits per heavy atom. The molecule has 5 nitrogen and oxygen atoms in total. The van der Waals surface area contributed by atoms with E-state index >= 15 is 0 Å². The third-order valence-corrected chi connectivity index (χ3v) is 4.09. The molecule has 0 aromatic carbocycles. The number of amides is 1. The summed E-state index contributed by atoms with van der Waals surface area (Å²) in [7, 11) is 0. The molecule has 0 radical (unpaired) electrons. The molecule has 1 aliphatic heterocycles. The summed E-state index contributed by atoms with van der Waals surface area (Å²) >= 11 is 1.35. The molecule has 2 rings (SSSR count). The van der Waals surface area contributed by atoms with Crippen LogP contribution in [0.3, 0.4) is 0 Å². The summed E-state index contributed by atoms with van der Waals surface area (Å²) in [5.41, 5.74) is 5.83. The molecule has 1 aromatic rings. The number of rotatable bonds is 3. The molecule has 1 amide bonds. The average Bonchev–Trinajstić information content (AvgIpc) is 2.57. The molecular weight excluding hydrogens is 248 g/mol. The first kappa shape index (κ1) is 13.1. The molecule has 6 heteroatoms. The summed E-state index contributed by atoms with van der Waals surface area (Å²) in [6.45, 7) is 4.46. The molecule has 1 fully saturated rings. The smallest absolute Gasteiger partial charge is 0.267 e. The highest BCUT2D eigenvalue weighted by Gasteiger charge is 2.22. The molecule has 2 heterocycles. The van der Waals surface area contributed by atoms with Gasteiger partial charge in [-0.15, -0.1) is 0 Å². The highest BCUT2D eigenvalue weighted by Crippen LogP contribution is 2.27. The molecule has 1 aliphatic rings. The fourth-order valence-electron chi connectivity index (χ4n) is 2.13. The Morgan fingerprint density at radius 2 is 2.06 bits per heavy atom. The minimum atomic E-state index is 0.0380. The first-order chi connectivity index (χ1) is 8.72. The molecule has 18 heavy (non-hydrogen) atoms. The highest BCUT2D eigenvalue weighted by atomic mass is 32.1. The molecule has 0 unspecified atom stereocenters. The number of carbonyl (C=O) groups is 1. The maximum absolute atomic E-state index is 12.4. The van der Waals surface area contributed by atoms with Crippen LogP contribution in [-0.4, -0.2) is 35.4 Å². The van der Waals surface area contributed by atoms with Crippen LogP contribution in [0.5, 0.6) is 0 Å². The highest BCUT2D eigenvalue weighted by molar-refractivity contribution is 7.18. The fourth-order valence-corrected chi connectivity index (χ4v) is 3.05. The van der Waals surface area contributed by atoms with Crippen molar-refractivity contribution in [2.75, 3.05) is 30.7 Å². The topological polar surface area (TPSA) is 71.2 Å². The molecule has 100 valence electrons. The van der Waals surface area contributed by atoms with E-state index in [0.717, 1.165) is 37.6 Å². The third kappa shape index (κ3) is 2.93. The van der Waals surface area contributed by atoms with Gasteiger partial charge in [-0.3, -0.25) is 4.79 Å². The number of nitrogens with zero attached hydrogens (tertiary/aromatic N) is 2. The van der Waals surface area contributed by atoms with Gasteiger partial charge in [0.15, 0.2) is 5.13 Å². The van der Waals surface area contributed by atoms with Gasteiger partial charge in [0.1, 0.15) is 10.7 Å². The molecule has 3 N–H and O–H groups in total. The van der Waals surface area contributed by atoms with Gasteiger partial charge in [-0.1, -0.05) is 24.2 Å². The Hall–Kier alpha value is -1.30. The van der Waals surface area contributed by atoms with Crippen LogP contribution in [0.15, 0.2) is 0 Å². The number of hydrogen-bond donors (Lipinski definition) is 2. The molecule has 0 saturated carbocycles. The largest absolute Gasteiger partial charge is 0.382 e. The average molecular weight is 268 g/mol. The summed E-state index contributed by atoms with van der Waals surface area (Å²) in [4.78, 5) is 19.0. The third-order valence-electron chi connectivity index (χ3n) is 3.07. The normalized spacial score (nSPS) is 16.4. The van der Waals surface area contributed by atoms with Gasteiger partial charge >= 0.3 is 0 Å². The van der Waals surface area contributed by atoms with E-state index in [0.29, 0.717) is 10.7 Å². The number of carbonyl (C=O) groups excluding carboxylic acids is 1. The van der Waals surface area contributed by atoms with Crippen molar-refractivity contribution in [1.29, 1.82) is 0 Å². The van der Waals surface area contributed by atoms with Crippen LogP contribution >= 0.6 is 11.3 Å². The summed E-state index contributed by atoms with van der Waals surface area (Å²) in [5.74, 6) is 0.390. The van der Waals surface area contributed by atoms with Crippen molar-refractivity contribution in [2.45, 2.75) is 32.6 Å². The van der Waals surface area contributed by atoms with E-state index in [1.165, 1.54) is 24.2 Å². The maximum Gasteiger partial charge on any atom is 0.267 e. The van der Waals surface area contributed by atoms with Gasteiger partial charge in [-0.2, -0.15) is 0 Å². The van der Waals surface area contributed by atoms with Crippen LogP contribution in [0.1, 0.15) is 42.3 Å². The Morgan fingerprint density at radius 1 is 1.39 bits per heavy atom. The predicted octanol–water partition coefficient (Wildman–Crippen LogP) is 2.17. The maximum atomic E-state index is 12.4. The van der Waals surface area contributed by atoms with Crippen LogP contribution in [-0.2, 0) is 0 Å². The number of nitrogens with two attached hydrogens (primary N) is 1. The van der Waals surface area contributed by atoms with Crippen molar-refractivity contribution in [1.82, 2.24) is 9.88 Å². The lowest BCUT2D eigenvalue weighted by Gasteiger charge is -2.19. The molecule has 0 spiro atoms. The zero-order chi connectivity index (χ0) is 13.0. The number of thiazole rings is 1. The summed E-state index contributed by atoms with van der Waals surface area (Å²) < 4.78 is 0. The van der Waals surface area contributed by atoms with Gasteiger partial charge in [0.2, 0.25) is 0 Å². The molecule has 0 bridgehead atoms. The minimum absolute atomic E-state index is 0.0380. The zero-order valence-corrected chi connectivity index (χ0v) is 11.6. The van der Waals surface area contributed by atoms with E-state index in [9.17, 15) is 4.79 Å². The van der Waals surface area contributed by atoms with E-state index in [1.54, 1.807) is 0 Å². The Kier molecular flexibility index (Phi) is 4.41. The Labute approximate surface area is 111 Å². The van der Waals surface area contributed by atoms with Crippen molar-refractivity contribution < 1.29 is 4.79 Å². The predicted molar refractivity (Wildman–Crippen MR) is 75.1 cm³/mol. The van der Waals surface area contributed by atoms with E-state index in [1.807, 2.05) is 11.8 Å². The standard InChI is InChI=1S/C12H20N4OS/c1-2-14-12-15-10(13)9(18-12)11(17)16-7-5-3-4-6-8-16/h2-8,13H2,1H3,(H,14,15). The lowest BCUT2D eigenvalue weighted by atomic mass is 10.2. The quantitative estimate of drug-likeness (QED) is 0.881. The van der Waals surface area contributed by atoms with Gasteiger partial charge < -0.3 is 16.0 Å². The number of aromatic nitrogens is 1. The molecular formula is C12H20N4OS. The lowest BCUT2D eigenvalue weighted by molar-refractivity contribution is 0.0767. The second-order valence-corrected chi connectivity index (χ2v) is 5.47. The molecule has 1 aromatic heterocycles. The van der Waals surface area contributed by atoms with Gasteiger partial charge in [0, 0.05) is 19.6 Å². The van der Waals surface area contributed by atoms with Crippen LogP contribution in [0.25, 0.3) is 0 Å². The minimum Gasteiger partial charge on any atom is -0.382 e. The number of nitrogens with one attached hydrogen (secondary N) is 1. The van der Waals surface area contributed by atoms with Gasteiger partial charge in [0.25, 0.3) is 5.91 Å². The number of anilines is 2. The Bertz CT molecular complexity index is 410. The van der Waals surface area contributed by atoms with Crippen molar-refractivity contribution in [2.24, 2.45) is 0 Å². The van der Waals surface area contributed by atoms with Gasteiger partial charge in [0.05, 0.1) is 0 Å². The van der Waals surface area contributed by atoms with Gasteiger partial charge in [-0.25, -0.2) is 4.98 Å². The fraction of sp³-hybridized carbons (Fsp3) is 0.667. The molecule has 0 atom stereocenters. The number of hydrogen-bond acceptors (Lipinski definition) is 5. The van der Waals surface area contributed by atoms with Crippen molar-refractivity contribution in [3.05, 3.63) is 4.88 Å². The van der Waals surface area contributed by atoms with Crippen molar-refractivity contribution in [3.8, 4) is 0 Å². The van der Waals surface area contributed by atoms with Gasteiger partial charge in [-0.05, 0) is 19.8 Å². The van der Waals surface area contributed by atoms with E-state index in [-0.39, 0.29) is 5.91 Å². The first-order valence-corrected chi connectivity index (χ1v) is 7.33. The van der Waals surface area contributed by atoms with E-state index < -0.39 is 0 Å². The molecule has 0 aliphatic carbocycles. The van der Waals surface area contributed by atoms with Crippen LogP contribution in [0, 0.1) is 0 Å². The van der Waals surface area contributed by atoms with Crippen LogP contribution < -0.4 is 11.1 Å². The summed E-state index contributed by atoms with van der Waals surface area (Å²) in [5, 5.41) is 3.83. The lowest BCUT2D eigenvalue weighted by Crippen LogP contribution is -2.31. The van der Waals surface area contributed by atoms with E-state index in [4.69, 9.17) is 5.73 Å². The zero-order valence-electron chi connectivity index (χ0n) is 10.7. The van der Waals surface area contributed by atoms with Crippen LogP contribution in [0.2, 0.25) is 0 Å². The van der Waals surface area contributed by atoms with Crippen molar-refractivity contribution >= 4 is 28.2 Å². The molecule has 1 saturated heterocycles. The Balaban J connectivity index is 2.11. The van der Waals surface area contributed by atoms with Crippen LogP contribution in [0.4, 0.5) is 10.9 Å². The summed E-state index contributed by atoms with van der Waals surface area (Å²) in [6, 6.07) is 0. The second kappa shape index (κ2) is 6.04. The monoisotopic (exact) mass is 268 g/mol. The number of nitrogen functional groups attached to an aromatic ring is 1. The second-order valence-electron chi connectivity index (χ2n) is 4.47. The first-order valence-electron chi connectivity index (χ1n) is 6.51.